The highest BCUT2D eigenvalue weighted by Crippen LogP contribution is 2.15. The van der Waals surface area contributed by atoms with Crippen LogP contribution in [0.3, 0.4) is 0 Å². The van der Waals surface area contributed by atoms with Gasteiger partial charge in [-0.15, -0.1) is 11.3 Å². The summed E-state index contributed by atoms with van der Waals surface area (Å²) >= 11 is 1.59. The van der Waals surface area contributed by atoms with E-state index in [1.54, 1.807) is 11.3 Å². The van der Waals surface area contributed by atoms with E-state index >= 15 is 0 Å². The van der Waals surface area contributed by atoms with Crippen LogP contribution in [0, 0.1) is 6.92 Å². The molecule has 1 aromatic heterocycles. The highest BCUT2D eigenvalue weighted by molar-refractivity contribution is 7.10. The van der Waals surface area contributed by atoms with Gasteiger partial charge < -0.3 is 15.5 Å². The zero-order valence-corrected chi connectivity index (χ0v) is 13.4. The Bertz CT molecular complexity index is 528. The van der Waals surface area contributed by atoms with Crippen molar-refractivity contribution in [3.8, 4) is 0 Å². The lowest BCUT2D eigenvalue weighted by Gasteiger charge is -2.20. The van der Waals surface area contributed by atoms with Crippen LogP contribution in [0.25, 0.3) is 0 Å². The van der Waals surface area contributed by atoms with E-state index in [4.69, 9.17) is 0 Å². The van der Waals surface area contributed by atoms with Crippen LogP contribution in [0.4, 0.5) is 13.2 Å². The van der Waals surface area contributed by atoms with Crippen molar-refractivity contribution >= 4 is 23.2 Å². The molecule has 0 aromatic carbocycles. The predicted octanol–water partition coefficient (Wildman–Crippen LogP) is 1.74. The van der Waals surface area contributed by atoms with Crippen molar-refractivity contribution in [3.63, 3.8) is 0 Å². The Morgan fingerprint density at radius 3 is 2.59 bits per heavy atom. The summed E-state index contributed by atoms with van der Waals surface area (Å²) in [5.74, 6) is -0.297. The molecule has 1 aromatic rings. The molecule has 0 atom stereocenters. The van der Waals surface area contributed by atoms with Gasteiger partial charge in [-0.3, -0.25) is 9.79 Å². The number of carbonyl (C=O) groups is 1. The minimum atomic E-state index is -4.40. The van der Waals surface area contributed by atoms with Gasteiger partial charge in [0.25, 0.3) is 0 Å². The first-order valence-corrected chi connectivity index (χ1v) is 7.39. The van der Waals surface area contributed by atoms with Crippen LogP contribution >= 0.6 is 11.3 Å². The van der Waals surface area contributed by atoms with Crippen LogP contribution in [0.15, 0.2) is 16.4 Å². The number of alkyl halides is 3. The van der Waals surface area contributed by atoms with Crippen molar-refractivity contribution in [2.45, 2.75) is 19.6 Å². The quantitative estimate of drug-likeness (QED) is 0.636. The first-order valence-electron chi connectivity index (χ1n) is 6.51. The Morgan fingerprint density at radius 2 is 2.09 bits per heavy atom. The molecule has 0 bridgehead atoms. The second-order valence-corrected chi connectivity index (χ2v) is 5.67. The van der Waals surface area contributed by atoms with E-state index in [2.05, 4.69) is 15.6 Å². The molecule has 0 aliphatic carbocycles. The number of likely N-dealkylation sites (N-methyl/N-ethyl adjacent to an activating group) is 1. The second kappa shape index (κ2) is 8.02. The molecule has 0 aliphatic rings. The molecule has 1 rings (SSSR count). The Labute approximate surface area is 131 Å². The van der Waals surface area contributed by atoms with E-state index in [9.17, 15) is 18.0 Å². The third kappa shape index (κ3) is 6.33. The van der Waals surface area contributed by atoms with E-state index in [1.165, 1.54) is 7.05 Å². The highest BCUT2D eigenvalue weighted by atomic mass is 32.1. The number of rotatable bonds is 5. The predicted molar refractivity (Wildman–Crippen MR) is 80.9 cm³/mol. The standard InChI is InChI=1S/C13H19F3N4OS/c1-9-4-5-22-10(9)6-18-12(17-2)19-7-11(21)20(3)8-13(14,15)16/h4-5H,6-8H2,1-3H3,(H2,17,18,19). The van der Waals surface area contributed by atoms with Crippen molar-refractivity contribution in [1.82, 2.24) is 15.5 Å². The molecule has 124 valence electrons. The van der Waals surface area contributed by atoms with Gasteiger partial charge in [0.15, 0.2) is 5.96 Å². The summed E-state index contributed by atoms with van der Waals surface area (Å²) in [6, 6.07) is 1.99. The van der Waals surface area contributed by atoms with Crippen molar-refractivity contribution in [2.75, 3.05) is 27.2 Å². The summed E-state index contributed by atoms with van der Waals surface area (Å²) in [6.45, 7) is 0.999. The van der Waals surface area contributed by atoms with Gasteiger partial charge in [0.05, 0.1) is 13.1 Å². The molecule has 0 spiro atoms. The van der Waals surface area contributed by atoms with E-state index in [-0.39, 0.29) is 6.54 Å². The Kier molecular flexibility index (Phi) is 6.66. The Hall–Kier alpha value is -1.77. The lowest BCUT2D eigenvalue weighted by atomic mass is 10.3. The van der Waals surface area contributed by atoms with Crippen LogP contribution < -0.4 is 10.6 Å². The molecule has 22 heavy (non-hydrogen) atoms. The maximum atomic E-state index is 12.2. The fourth-order valence-corrected chi connectivity index (χ4v) is 2.47. The van der Waals surface area contributed by atoms with Gasteiger partial charge >= 0.3 is 6.18 Å². The summed E-state index contributed by atoms with van der Waals surface area (Å²) < 4.78 is 36.6. The number of nitrogens with zero attached hydrogens (tertiary/aromatic N) is 2. The molecule has 5 nitrogen and oxygen atoms in total. The van der Waals surface area contributed by atoms with Gasteiger partial charge in [-0.1, -0.05) is 0 Å². The van der Waals surface area contributed by atoms with Crippen LogP contribution in [0.1, 0.15) is 10.4 Å². The van der Waals surface area contributed by atoms with Gasteiger partial charge in [0, 0.05) is 19.0 Å². The summed E-state index contributed by atoms with van der Waals surface area (Å²) in [6.07, 6.45) is -4.40. The lowest BCUT2D eigenvalue weighted by Crippen LogP contribution is -2.45. The number of carbonyl (C=O) groups excluding carboxylic acids is 1. The number of hydrogen-bond acceptors (Lipinski definition) is 3. The zero-order chi connectivity index (χ0) is 16.8. The number of aryl methyl sites for hydroxylation is 1. The van der Waals surface area contributed by atoms with Crippen molar-refractivity contribution < 1.29 is 18.0 Å². The molecular formula is C13H19F3N4OS. The SMILES string of the molecule is CN=C(NCC(=O)N(C)CC(F)(F)F)NCc1sccc1C. The zero-order valence-electron chi connectivity index (χ0n) is 12.6. The minimum Gasteiger partial charge on any atom is -0.352 e. The number of halogens is 3. The molecule has 0 fully saturated rings. The van der Waals surface area contributed by atoms with Crippen LogP contribution in [0.5, 0.6) is 0 Å². The summed E-state index contributed by atoms with van der Waals surface area (Å²) in [5.41, 5.74) is 1.15. The van der Waals surface area contributed by atoms with Gasteiger partial charge in [-0.05, 0) is 23.9 Å². The van der Waals surface area contributed by atoms with Crippen molar-refractivity contribution in [2.24, 2.45) is 4.99 Å². The molecule has 0 saturated carbocycles. The average Bonchev–Trinajstić information content (AvgIpc) is 2.82. The van der Waals surface area contributed by atoms with E-state index in [1.807, 2.05) is 18.4 Å². The van der Waals surface area contributed by atoms with Gasteiger partial charge in [-0.25, -0.2) is 0 Å². The number of thiophene rings is 1. The summed E-state index contributed by atoms with van der Waals surface area (Å²) in [4.78, 5) is 17.3. The number of hydrogen-bond donors (Lipinski definition) is 2. The average molecular weight is 336 g/mol. The monoisotopic (exact) mass is 336 g/mol. The number of guanidine groups is 1. The van der Waals surface area contributed by atoms with Crippen LogP contribution in [0.2, 0.25) is 0 Å². The first kappa shape index (κ1) is 18.3. The molecule has 0 aliphatic heterocycles. The maximum Gasteiger partial charge on any atom is 0.406 e. The molecule has 2 N–H and O–H groups in total. The van der Waals surface area contributed by atoms with Gasteiger partial charge in [0.2, 0.25) is 5.91 Å². The molecule has 9 heteroatoms. The van der Waals surface area contributed by atoms with Gasteiger partial charge in [0.1, 0.15) is 6.54 Å². The summed E-state index contributed by atoms with van der Waals surface area (Å²) in [7, 11) is 2.64. The number of aliphatic imine (C=N–C) groups is 1. The molecular weight excluding hydrogens is 317 g/mol. The van der Waals surface area contributed by atoms with E-state index in [0.29, 0.717) is 17.4 Å². The highest BCUT2D eigenvalue weighted by Gasteiger charge is 2.31. The second-order valence-electron chi connectivity index (χ2n) is 4.67. The largest absolute Gasteiger partial charge is 0.406 e. The lowest BCUT2D eigenvalue weighted by molar-refractivity contribution is -0.157. The molecule has 1 heterocycles. The fraction of sp³-hybridized carbons (Fsp3) is 0.538. The smallest absolute Gasteiger partial charge is 0.352 e. The van der Waals surface area contributed by atoms with Crippen molar-refractivity contribution in [1.29, 1.82) is 0 Å². The molecule has 1 amide bonds. The fourth-order valence-electron chi connectivity index (χ4n) is 1.62. The normalized spacial score (nSPS) is 12.2. The molecule has 0 saturated heterocycles. The van der Waals surface area contributed by atoms with Crippen molar-refractivity contribution in [3.05, 3.63) is 21.9 Å². The number of nitrogens with one attached hydrogen (secondary N) is 2. The maximum absolute atomic E-state index is 12.2. The Balaban J connectivity index is 2.41. The van der Waals surface area contributed by atoms with E-state index in [0.717, 1.165) is 17.5 Å². The van der Waals surface area contributed by atoms with Crippen LogP contribution in [-0.4, -0.2) is 50.1 Å². The number of amides is 1. The third-order valence-corrected chi connectivity index (χ3v) is 3.88. The minimum absolute atomic E-state index is 0.254. The summed E-state index contributed by atoms with van der Waals surface area (Å²) in [5, 5.41) is 7.68. The van der Waals surface area contributed by atoms with E-state index < -0.39 is 18.6 Å². The molecule has 0 radical (unpaired) electrons. The van der Waals surface area contributed by atoms with Crippen LogP contribution in [-0.2, 0) is 11.3 Å². The van der Waals surface area contributed by atoms with Gasteiger partial charge in [-0.2, -0.15) is 13.2 Å². The Morgan fingerprint density at radius 1 is 1.41 bits per heavy atom. The third-order valence-electron chi connectivity index (χ3n) is 2.86. The topological polar surface area (TPSA) is 56.7 Å². The first-order chi connectivity index (χ1) is 10.2. The molecule has 0 unspecified atom stereocenters.